The summed E-state index contributed by atoms with van der Waals surface area (Å²) in [5.74, 6) is 1.30. The van der Waals surface area contributed by atoms with Crippen LogP contribution in [0.2, 0.25) is 0 Å². The van der Waals surface area contributed by atoms with Crippen molar-refractivity contribution < 1.29 is 18.7 Å². The Morgan fingerprint density at radius 2 is 1.80 bits per heavy atom. The number of halogens is 2. The van der Waals surface area contributed by atoms with Crippen molar-refractivity contribution in [3.05, 3.63) is 47.8 Å². The van der Waals surface area contributed by atoms with Gasteiger partial charge in [-0.3, -0.25) is 4.79 Å². The predicted octanol–water partition coefficient (Wildman–Crippen LogP) is 5.22. The van der Waals surface area contributed by atoms with Crippen LogP contribution in [0.1, 0.15) is 37.7 Å². The molecule has 2 aliphatic rings. The van der Waals surface area contributed by atoms with Gasteiger partial charge in [0.2, 0.25) is 5.91 Å². The molecule has 4 rings (SSSR count). The number of rotatable bonds is 6. The molecule has 0 aliphatic carbocycles. The lowest BCUT2D eigenvalue weighted by Crippen LogP contribution is -2.39. The van der Waals surface area contributed by atoms with Crippen molar-refractivity contribution in [3.63, 3.8) is 0 Å². The van der Waals surface area contributed by atoms with Crippen molar-refractivity contribution >= 4 is 24.0 Å². The number of fused-ring (bicyclic) bond motifs is 2. The maximum atomic E-state index is 13.9. The lowest BCUT2D eigenvalue weighted by Gasteiger charge is -2.28. The van der Waals surface area contributed by atoms with Crippen LogP contribution in [0.3, 0.4) is 0 Å². The van der Waals surface area contributed by atoms with Crippen LogP contribution in [0.15, 0.2) is 36.4 Å². The van der Waals surface area contributed by atoms with Crippen molar-refractivity contribution in [1.82, 2.24) is 5.32 Å². The molecule has 2 unspecified atom stereocenters. The minimum Gasteiger partial charge on any atom is -0.493 e. The van der Waals surface area contributed by atoms with E-state index >= 15 is 0 Å². The van der Waals surface area contributed by atoms with Gasteiger partial charge in [-0.25, -0.2) is 4.39 Å². The number of ether oxygens (including phenoxy) is 2. The number of aryl methyl sites for hydroxylation is 1. The summed E-state index contributed by atoms with van der Waals surface area (Å²) in [5.41, 5.74) is 1.37. The van der Waals surface area contributed by atoms with Gasteiger partial charge in [-0.15, -0.1) is 12.4 Å². The molecule has 1 amide bonds. The van der Waals surface area contributed by atoms with Gasteiger partial charge in [0.05, 0.1) is 12.8 Å². The van der Waals surface area contributed by atoms with Crippen LogP contribution < -0.4 is 20.1 Å². The van der Waals surface area contributed by atoms with Crippen LogP contribution in [0.25, 0.3) is 0 Å². The highest BCUT2D eigenvalue weighted by molar-refractivity contribution is 5.92. The Labute approximate surface area is 182 Å². The van der Waals surface area contributed by atoms with Crippen molar-refractivity contribution in [1.29, 1.82) is 0 Å². The molecule has 2 bridgehead atoms. The van der Waals surface area contributed by atoms with E-state index in [9.17, 15) is 9.18 Å². The van der Waals surface area contributed by atoms with Gasteiger partial charge >= 0.3 is 0 Å². The second-order valence-electron chi connectivity index (χ2n) is 8.12. The molecule has 2 heterocycles. The molecule has 5 nitrogen and oxygen atoms in total. The van der Waals surface area contributed by atoms with E-state index in [1.165, 1.54) is 31.0 Å². The zero-order valence-corrected chi connectivity index (χ0v) is 18.1. The van der Waals surface area contributed by atoms with Crippen LogP contribution in [-0.2, 0) is 4.79 Å². The van der Waals surface area contributed by atoms with E-state index in [-0.39, 0.29) is 18.3 Å². The number of benzene rings is 2. The number of anilines is 1. The van der Waals surface area contributed by atoms with E-state index in [2.05, 4.69) is 10.6 Å². The topological polar surface area (TPSA) is 59.6 Å². The smallest absolute Gasteiger partial charge is 0.224 e. The molecule has 2 atom stereocenters. The molecule has 162 valence electrons. The SMILES string of the molecule is COc1cc(C)ccc1Oc1ccc(F)cc1NC(=O)CC1CC2CCC(C1)N2.Cl. The van der Waals surface area contributed by atoms with Gasteiger partial charge in [0.1, 0.15) is 5.82 Å². The molecule has 0 saturated carbocycles. The van der Waals surface area contributed by atoms with Gasteiger partial charge in [-0.05, 0) is 68.4 Å². The number of hydrogen-bond acceptors (Lipinski definition) is 4. The lowest BCUT2D eigenvalue weighted by molar-refractivity contribution is -0.117. The minimum atomic E-state index is -0.427. The fraction of sp³-hybridized carbons (Fsp3) is 0.435. The molecule has 2 aromatic rings. The summed E-state index contributed by atoms with van der Waals surface area (Å²) in [6.07, 6.45) is 4.89. The third kappa shape index (κ3) is 5.24. The van der Waals surface area contributed by atoms with Crippen LogP contribution in [-0.4, -0.2) is 25.1 Å². The Balaban J connectivity index is 0.00000256. The fourth-order valence-electron chi connectivity index (χ4n) is 4.47. The van der Waals surface area contributed by atoms with Crippen LogP contribution >= 0.6 is 12.4 Å². The predicted molar refractivity (Wildman–Crippen MR) is 117 cm³/mol. The van der Waals surface area contributed by atoms with Crippen LogP contribution in [0.4, 0.5) is 10.1 Å². The first-order valence-electron chi connectivity index (χ1n) is 10.2. The third-order valence-electron chi connectivity index (χ3n) is 5.80. The Morgan fingerprint density at radius 1 is 1.10 bits per heavy atom. The molecule has 2 fully saturated rings. The second-order valence-corrected chi connectivity index (χ2v) is 8.12. The highest BCUT2D eigenvalue weighted by Crippen LogP contribution is 2.37. The quantitative estimate of drug-likeness (QED) is 0.654. The molecule has 0 radical (unpaired) electrons. The number of piperidine rings is 1. The van der Waals surface area contributed by atoms with E-state index in [4.69, 9.17) is 9.47 Å². The molecule has 2 aliphatic heterocycles. The summed E-state index contributed by atoms with van der Waals surface area (Å²) in [5, 5.41) is 6.44. The summed E-state index contributed by atoms with van der Waals surface area (Å²) >= 11 is 0. The van der Waals surface area contributed by atoms with E-state index in [0.29, 0.717) is 47.4 Å². The summed E-state index contributed by atoms with van der Waals surface area (Å²) in [4.78, 5) is 12.7. The molecular formula is C23H28ClFN2O3. The Morgan fingerprint density at radius 3 is 2.50 bits per heavy atom. The molecule has 30 heavy (non-hydrogen) atoms. The van der Waals surface area contributed by atoms with Gasteiger partial charge in [0, 0.05) is 24.6 Å². The highest BCUT2D eigenvalue weighted by atomic mass is 35.5. The summed E-state index contributed by atoms with van der Waals surface area (Å²) in [7, 11) is 1.57. The van der Waals surface area contributed by atoms with Gasteiger partial charge in [-0.2, -0.15) is 0 Å². The maximum Gasteiger partial charge on any atom is 0.224 e. The molecule has 2 saturated heterocycles. The molecule has 2 N–H and O–H groups in total. The number of methoxy groups -OCH3 is 1. The summed E-state index contributed by atoms with van der Waals surface area (Å²) in [6.45, 7) is 1.96. The second kappa shape index (κ2) is 9.67. The standard InChI is InChI=1S/C23H27FN2O3.ClH/c1-14-3-7-21(22(9-14)28-2)29-20-8-4-16(24)13-19(20)26-23(27)12-15-10-17-5-6-18(11-15)25-17;/h3-4,7-9,13,15,17-18,25H,5-6,10-12H2,1-2H3,(H,26,27);1H. The molecule has 7 heteroatoms. The van der Waals surface area contributed by atoms with Gasteiger partial charge in [-0.1, -0.05) is 6.07 Å². The first kappa shape index (κ1) is 22.4. The van der Waals surface area contributed by atoms with Gasteiger partial charge in [0.15, 0.2) is 17.2 Å². The Bertz CT molecular complexity index is 896. The number of carbonyl (C=O) groups excluding carboxylic acids is 1. The molecule has 0 aromatic heterocycles. The zero-order chi connectivity index (χ0) is 20.4. The third-order valence-corrected chi connectivity index (χ3v) is 5.80. The van der Waals surface area contributed by atoms with E-state index < -0.39 is 5.82 Å². The molecule has 0 spiro atoms. The van der Waals surface area contributed by atoms with Gasteiger partial charge in [0.25, 0.3) is 0 Å². The van der Waals surface area contributed by atoms with Crippen LogP contribution in [0.5, 0.6) is 17.2 Å². The number of carbonyl (C=O) groups is 1. The fourth-order valence-corrected chi connectivity index (χ4v) is 4.47. The lowest BCUT2D eigenvalue weighted by atomic mass is 9.89. The molecule has 2 aromatic carbocycles. The zero-order valence-electron chi connectivity index (χ0n) is 17.2. The van der Waals surface area contributed by atoms with Crippen LogP contribution in [0, 0.1) is 18.7 Å². The monoisotopic (exact) mass is 434 g/mol. The minimum absolute atomic E-state index is 0. The maximum absolute atomic E-state index is 13.9. The normalized spacial score (nSPS) is 22.2. The Hall–Kier alpha value is -2.31. The largest absolute Gasteiger partial charge is 0.493 e. The Kier molecular flexibility index (Phi) is 7.21. The van der Waals surface area contributed by atoms with E-state index in [0.717, 1.165) is 18.4 Å². The number of amides is 1. The van der Waals surface area contributed by atoms with Crippen molar-refractivity contribution in [2.75, 3.05) is 12.4 Å². The molecular weight excluding hydrogens is 407 g/mol. The highest BCUT2D eigenvalue weighted by Gasteiger charge is 2.34. The van der Waals surface area contributed by atoms with Crippen molar-refractivity contribution in [3.8, 4) is 17.2 Å². The van der Waals surface area contributed by atoms with E-state index in [1.807, 2.05) is 19.1 Å². The average molecular weight is 435 g/mol. The van der Waals surface area contributed by atoms with Gasteiger partial charge < -0.3 is 20.1 Å². The average Bonchev–Trinajstić information content (AvgIpc) is 3.03. The van der Waals surface area contributed by atoms with Crippen molar-refractivity contribution in [2.45, 2.75) is 51.1 Å². The number of hydrogen-bond donors (Lipinski definition) is 2. The first-order chi connectivity index (χ1) is 14.0. The number of nitrogens with one attached hydrogen (secondary N) is 2. The summed E-state index contributed by atoms with van der Waals surface area (Å²) < 4.78 is 25.2. The van der Waals surface area contributed by atoms with E-state index in [1.54, 1.807) is 13.2 Å². The van der Waals surface area contributed by atoms with Crippen molar-refractivity contribution in [2.24, 2.45) is 5.92 Å². The summed E-state index contributed by atoms with van der Waals surface area (Å²) in [6, 6.07) is 10.8. The first-order valence-corrected chi connectivity index (χ1v) is 10.2.